The van der Waals surface area contributed by atoms with Gasteiger partial charge in [0.25, 0.3) is 5.79 Å². The molecular weight excluding hydrogens is 688 g/mol. The number of aliphatic hydroxyl groups is 1. The summed E-state index contributed by atoms with van der Waals surface area (Å²) in [5.41, 5.74) is 0. The van der Waals surface area contributed by atoms with Gasteiger partial charge in [0.15, 0.2) is 0 Å². The highest BCUT2D eigenvalue weighted by molar-refractivity contribution is 5.81. The van der Waals surface area contributed by atoms with E-state index in [1.807, 2.05) is 0 Å². The Kier molecular flexibility index (Phi) is 31.7. The lowest BCUT2D eigenvalue weighted by Gasteiger charge is -2.26. The van der Waals surface area contributed by atoms with Gasteiger partial charge in [-0.2, -0.15) is 0 Å². The van der Waals surface area contributed by atoms with E-state index in [0.29, 0.717) is 6.42 Å². The maximum absolute atomic E-state index is 13.1. The fourth-order valence-electron chi connectivity index (χ4n) is 6.75. The third-order valence-corrected chi connectivity index (χ3v) is 10.2. The van der Waals surface area contributed by atoms with Gasteiger partial charge >= 0.3 is 17.9 Å². The van der Waals surface area contributed by atoms with Crippen LogP contribution in [0.1, 0.15) is 213 Å². The van der Waals surface area contributed by atoms with Crippen molar-refractivity contribution in [3.63, 3.8) is 0 Å². The molecule has 0 bridgehead atoms. The number of esters is 3. The number of ketones is 1. The lowest BCUT2D eigenvalue weighted by atomic mass is 10.0. The molecule has 0 amide bonds. The highest BCUT2D eigenvalue weighted by atomic mass is 16.8. The highest BCUT2D eigenvalue weighted by Gasteiger charge is 2.50. The van der Waals surface area contributed by atoms with E-state index in [2.05, 4.69) is 13.8 Å². The Bertz CT molecular complexity index is 956. The largest absolute Gasteiger partial charge is 0.463 e. The van der Waals surface area contributed by atoms with E-state index >= 15 is 0 Å². The van der Waals surface area contributed by atoms with Crippen LogP contribution < -0.4 is 0 Å². The van der Waals surface area contributed by atoms with Gasteiger partial charge in [-0.25, -0.2) is 4.79 Å². The second-order valence-corrected chi connectivity index (χ2v) is 15.6. The topological polar surface area (TPSA) is 135 Å². The van der Waals surface area contributed by atoms with E-state index in [-0.39, 0.29) is 50.8 Å². The van der Waals surface area contributed by atoms with Crippen LogP contribution in [0, 0.1) is 0 Å². The van der Waals surface area contributed by atoms with Crippen molar-refractivity contribution in [3.8, 4) is 0 Å². The van der Waals surface area contributed by atoms with Crippen molar-refractivity contribution in [2.45, 2.75) is 231 Å². The van der Waals surface area contributed by atoms with Gasteiger partial charge in [-0.15, -0.1) is 0 Å². The molecule has 0 aliphatic carbocycles. The second-order valence-electron chi connectivity index (χ2n) is 15.6. The molecule has 10 heteroatoms. The van der Waals surface area contributed by atoms with E-state index in [4.69, 9.17) is 23.7 Å². The first kappa shape index (κ1) is 50.0. The van der Waals surface area contributed by atoms with Crippen molar-refractivity contribution >= 4 is 23.7 Å². The van der Waals surface area contributed by atoms with Crippen LogP contribution in [0.2, 0.25) is 0 Å². The molecule has 1 saturated heterocycles. The first-order chi connectivity index (χ1) is 26.2. The molecule has 0 radical (unpaired) electrons. The van der Waals surface area contributed by atoms with Crippen LogP contribution in [0.15, 0.2) is 0 Å². The third-order valence-electron chi connectivity index (χ3n) is 10.2. The quantitative estimate of drug-likeness (QED) is 0.0367. The maximum Gasteiger partial charge on any atom is 0.366 e. The Hall–Kier alpha value is -2.04. The number of ether oxygens (including phenoxy) is 5. The van der Waals surface area contributed by atoms with Crippen molar-refractivity contribution < 1.29 is 48.0 Å². The minimum absolute atomic E-state index is 0.0139. The van der Waals surface area contributed by atoms with Gasteiger partial charge in [0.2, 0.25) is 0 Å². The van der Waals surface area contributed by atoms with Crippen LogP contribution in [0.3, 0.4) is 0 Å². The molecule has 1 heterocycles. The van der Waals surface area contributed by atoms with Gasteiger partial charge in [-0.1, -0.05) is 168 Å². The van der Waals surface area contributed by atoms with Crippen molar-refractivity contribution in [1.29, 1.82) is 0 Å². The molecule has 0 saturated carbocycles. The Morgan fingerprint density at radius 2 is 0.963 bits per heavy atom. The van der Waals surface area contributed by atoms with E-state index in [1.165, 1.54) is 135 Å². The summed E-state index contributed by atoms with van der Waals surface area (Å²) in [5.74, 6) is -3.60. The molecule has 0 spiro atoms. The molecule has 0 aromatic heterocycles. The van der Waals surface area contributed by atoms with Gasteiger partial charge < -0.3 is 33.6 Å². The summed E-state index contributed by atoms with van der Waals surface area (Å²) in [5, 5.41) is 10.3. The minimum Gasteiger partial charge on any atom is -0.463 e. The number of carbonyl (C=O) groups excluding carboxylic acids is 4. The van der Waals surface area contributed by atoms with Gasteiger partial charge in [0.1, 0.15) is 37.8 Å². The summed E-state index contributed by atoms with van der Waals surface area (Å²) < 4.78 is 27.5. The smallest absolute Gasteiger partial charge is 0.366 e. The Morgan fingerprint density at radius 1 is 0.574 bits per heavy atom. The second kappa shape index (κ2) is 34.2. The standard InChI is InChI=1S/C44H80O10/c1-4-6-8-10-12-14-16-18-20-22-24-26-28-30-41(47)50-34-39(46)35-52-43(49)44(33-32-38(3)45)53-37-40(54-44)36-51-42(48)31-29-27-25-23-21-19-17-15-13-11-9-7-5-2/h39-40,46H,4-37H2,1-3H3. The van der Waals surface area contributed by atoms with Crippen LogP contribution in [-0.2, 0) is 42.9 Å². The van der Waals surface area contributed by atoms with Crippen molar-refractivity contribution in [3.05, 3.63) is 0 Å². The van der Waals surface area contributed by atoms with E-state index in [9.17, 15) is 24.3 Å². The molecule has 54 heavy (non-hydrogen) atoms. The number of rotatable bonds is 38. The Balaban J connectivity index is 2.20. The predicted molar refractivity (Wildman–Crippen MR) is 213 cm³/mol. The van der Waals surface area contributed by atoms with Crippen LogP contribution in [-0.4, -0.2) is 73.2 Å². The Morgan fingerprint density at radius 3 is 1.39 bits per heavy atom. The van der Waals surface area contributed by atoms with Gasteiger partial charge in [0.05, 0.1) is 6.61 Å². The minimum atomic E-state index is -1.84. The monoisotopic (exact) mass is 769 g/mol. The van der Waals surface area contributed by atoms with Crippen LogP contribution in [0.4, 0.5) is 0 Å². The molecule has 1 rings (SSSR count). The van der Waals surface area contributed by atoms with Gasteiger partial charge in [-0.05, 0) is 19.8 Å². The number of hydrogen-bond donors (Lipinski definition) is 1. The number of unbranched alkanes of at least 4 members (excludes halogenated alkanes) is 24. The summed E-state index contributed by atoms with van der Waals surface area (Å²) >= 11 is 0. The first-order valence-corrected chi connectivity index (χ1v) is 22.2. The van der Waals surface area contributed by atoms with Gasteiger partial charge in [0, 0.05) is 25.7 Å². The third kappa shape index (κ3) is 27.5. The van der Waals surface area contributed by atoms with Crippen LogP contribution >= 0.6 is 0 Å². The summed E-state index contributed by atoms with van der Waals surface area (Å²) in [6, 6.07) is 0. The molecule has 0 aromatic carbocycles. The highest BCUT2D eigenvalue weighted by Crippen LogP contribution is 2.31. The summed E-state index contributed by atoms with van der Waals surface area (Å²) in [4.78, 5) is 49.3. The predicted octanol–water partition coefficient (Wildman–Crippen LogP) is 10.4. The number of carbonyl (C=O) groups is 4. The van der Waals surface area contributed by atoms with E-state index in [0.717, 1.165) is 38.5 Å². The number of aliphatic hydroxyl groups excluding tert-OH is 1. The van der Waals surface area contributed by atoms with Crippen molar-refractivity contribution in [2.75, 3.05) is 26.4 Å². The van der Waals surface area contributed by atoms with Crippen molar-refractivity contribution in [2.24, 2.45) is 0 Å². The zero-order valence-corrected chi connectivity index (χ0v) is 34.8. The molecule has 1 fully saturated rings. The summed E-state index contributed by atoms with van der Waals surface area (Å²) in [6.45, 7) is 5.06. The average Bonchev–Trinajstić information content (AvgIpc) is 3.59. The van der Waals surface area contributed by atoms with E-state index < -0.39 is 36.5 Å². The normalized spacial score (nSPS) is 17.4. The number of hydrogen-bond acceptors (Lipinski definition) is 10. The van der Waals surface area contributed by atoms with Crippen LogP contribution in [0.5, 0.6) is 0 Å². The lowest BCUT2D eigenvalue weighted by Crippen LogP contribution is -2.44. The lowest BCUT2D eigenvalue weighted by molar-refractivity contribution is -0.217. The van der Waals surface area contributed by atoms with Crippen LogP contribution in [0.25, 0.3) is 0 Å². The maximum atomic E-state index is 13.1. The molecular formula is C44H80O10. The summed E-state index contributed by atoms with van der Waals surface area (Å²) in [7, 11) is 0. The number of Topliss-reactive ketones (excluding diaryl/α,β-unsaturated/α-hetero) is 1. The fourth-order valence-corrected chi connectivity index (χ4v) is 6.75. The van der Waals surface area contributed by atoms with Crippen molar-refractivity contribution in [1.82, 2.24) is 0 Å². The molecule has 1 aliphatic rings. The van der Waals surface area contributed by atoms with E-state index in [1.54, 1.807) is 0 Å². The molecule has 3 unspecified atom stereocenters. The molecule has 3 atom stereocenters. The zero-order valence-electron chi connectivity index (χ0n) is 34.8. The molecule has 1 aliphatic heterocycles. The molecule has 0 aromatic rings. The summed E-state index contributed by atoms with van der Waals surface area (Å²) in [6.07, 6.45) is 30.5. The Labute approximate surface area is 328 Å². The fraction of sp³-hybridized carbons (Fsp3) is 0.909. The zero-order chi connectivity index (χ0) is 39.5. The average molecular weight is 769 g/mol. The first-order valence-electron chi connectivity index (χ1n) is 22.2. The SMILES string of the molecule is CCCCCCCCCCCCCCCC(=O)OCC(O)COC(=O)C1(CCC(C)=O)OCC(COC(=O)CCCCCCCCCCCCCCC)O1. The molecule has 1 N–H and O–H groups in total. The molecule has 316 valence electrons. The van der Waals surface area contributed by atoms with Gasteiger partial charge in [-0.3, -0.25) is 9.59 Å². The molecule has 10 nitrogen and oxygen atoms in total.